The molecule has 0 saturated heterocycles. The molecule has 1 aliphatic carbocycles. The summed E-state index contributed by atoms with van der Waals surface area (Å²) >= 11 is 0. The minimum Gasteiger partial charge on any atom is -0.421 e. The zero-order valence-corrected chi connectivity index (χ0v) is 13.0. The number of aryl methyl sites for hydroxylation is 1. The van der Waals surface area contributed by atoms with Crippen molar-refractivity contribution in [3.8, 4) is 11.5 Å². The standard InChI is InChI=1S/C17H23N3O/c1-12-19-20-16(21-12)14-8-4-5-9-15(14)18-13-7-6-10-17(2,3)11-13/h4-5,8-9,13,18H,6-7,10-11H2,1-3H3. The molecule has 1 aromatic heterocycles. The van der Waals surface area contributed by atoms with E-state index in [2.05, 4.69) is 35.4 Å². The molecule has 1 saturated carbocycles. The van der Waals surface area contributed by atoms with E-state index in [1.54, 1.807) is 0 Å². The van der Waals surface area contributed by atoms with Gasteiger partial charge in [-0.3, -0.25) is 0 Å². The van der Waals surface area contributed by atoms with Gasteiger partial charge in [0.15, 0.2) is 0 Å². The summed E-state index contributed by atoms with van der Waals surface area (Å²) in [5.74, 6) is 1.18. The molecule has 0 spiro atoms. The second-order valence-corrected chi connectivity index (χ2v) is 6.77. The van der Waals surface area contributed by atoms with Crippen LogP contribution in [-0.2, 0) is 0 Å². The molecule has 2 aromatic rings. The van der Waals surface area contributed by atoms with Gasteiger partial charge in [0.05, 0.1) is 5.56 Å². The van der Waals surface area contributed by atoms with E-state index in [4.69, 9.17) is 4.42 Å². The first-order valence-electron chi connectivity index (χ1n) is 7.70. The van der Waals surface area contributed by atoms with Gasteiger partial charge in [0.25, 0.3) is 0 Å². The Bertz CT molecular complexity index is 618. The van der Waals surface area contributed by atoms with Gasteiger partial charge in [0.1, 0.15) is 0 Å². The lowest BCUT2D eigenvalue weighted by Gasteiger charge is -2.36. The van der Waals surface area contributed by atoms with Crippen molar-refractivity contribution in [3.05, 3.63) is 30.2 Å². The highest BCUT2D eigenvalue weighted by atomic mass is 16.4. The highest BCUT2D eigenvalue weighted by Crippen LogP contribution is 2.37. The number of anilines is 1. The summed E-state index contributed by atoms with van der Waals surface area (Å²) < 4.78 is 5.58. The van der Waals surface area contributed by atoms with Crippen molar-refractivity contribution in [2.75, 3.05) is 5.32 Å². The van der Waals surface area contributed by atoms with Crippen molar-refractivity contribution >= 4 is 5.69 Å². The maximum Gasteiger partial charge on any atom is 0.249 e. The molecular weight excluding hydrogens is 262 g/mol. The summed E-state index contributed by atoms with van der Waals surface area (Å²) in [6, 6.07) is 8.69. The van der Waals surface area contributed by atoms with E-state index in [1.165, 1.54) is 25.7 Å². The van der Waals surface area contributed by atoms with Crippen molar-refractivity contribution in [3.63, 3.8) is 0 Å². The van der Waals surface area contributed by atoms with Gasteiger partial charge < -0.3 is 9.73 Å². The third-order valence-corrected chi connectivity index (χ3v) is 4.25. The molecule has 4 nitrogen and oxygen atoms in total. The average molecular weight is 285 g/mol. The van der Waals surface area contributed by atoms with E-state index in [0.29, 0.717) is 23.2 Å². The Balaban J connectivity index is 1.83. The zero-order valence-electron chi connectivity index (χ0n) is 13.0. The van der Waals surface area contributed by atoms with Crippen molar-refractivity contribution in [1.82, 2.24) is 10.2 Å². The van der Waals surface area contributed by atoms with Gasteiger partial charge in [-0.1, -0.05) is 32.4 Å². The normalized spacial score (nSPS) is 21.2. The largest absolute Gasteiger partial charge is 0.421 e. The third-order valence-electron chi connectivity index (χ3n) is 4.25. The number of nitrogens with zero attached hydrogens (tertiary/aromatic N) is 2. The lowest BCUT2D eigenvalue weighted by molar-refractivity contribution is 0.229. The molecule has 1 heterocycles. The van der Waals surface area contributed by atoms with Gasteiger partial charge >= 0.3 is 0 Å². The fourth-order valence-electron chi connectivity index (χ4n) is 3.24. The minimum atomic E-state index is 0.423. The Labute approximate surface area is 126 Å². The maximum atomic E-state index is 5.58. The van der Waals surface area contributed by atoms with Crippen molar-refractivity contribution in [1.29, 1.82) is 0 Å². The number of rotatable bonds is 3. The van der Waals surface area contributed by atoms with Crippen LogP contribution < -0.4 is 5.32 Å². The summed E-state index contributed by atoms with van der Waals surface area (Å²) in [4.78, 5) is 0. The molecule has 1 aliphatic rings. The van der Waals surface area contributed by atoms with Gasteiger partial charge in [0.2, 0.25) is 11.8 Å². The van der Waals surface area contributed by atoms with Crippen molar-refractivity contribution in [2.45, 2.75) is 52.5 Å². The van der Waals surface area contributed by atoms with Crippen LogP contribution >= 0.6 is 0 Å². The molecule has 1 unspecified atom stereocenters. The second kappa shape index (κ2) is 5.51. The lowest BCUT2D eigenvalue weighted by Crippen LogP contribution is -2.31. The first-order valence-corrected chi connectivity index (χ1v) is 7.70. The van der Waals surface area contributed by atoms with Crippen LogP contribution in [0.2, 0.25) is 0 Å². The van der Waals surface area contributed by atoms with Crippen LogP contribution in [0.5, 0.6) is 0 Å². The predicted octanol–water partition coefficient (Wildman–Crippen LogP) is 4.43. The average Bonchev–Trinajstić information content (AvgIpc) is 2.85. The van der Waals surface area contributed by atoms with Crippen molar-refractivity contribution < 1.29 is 4.42 Å². The zero-order chi connectivity index (χ0) is 14.9. The molecule has 21 heavy (non-hydrogen) atoms. The van der Waals surface area contributed by atoms with E-state index in [0.717, 1.165) is 11.3 Å². The Morgan fingerprint density at radius 2 is 2.05 bits per heavy atom. The first-order chi connectivity index (χ1) is 10.0. The molecule has 112 valence electrons. The van der Waals surface area contributed by atoms with Crippen molar-refractivity contribution in [2.24, 2.45) is 5.41 Å². The first kappa shape index (κ1) is 14.1. The molecule has 1 N–H and O–H groups in total. The SMILES string of the molecule is Cc1nnc(-c2ccccc2NC2CCCC(C)(C)C2)o1. The maximum absolute atomic E-state index is 5.58. The number of nitrogens with one attached hydrogen (secondary N) is 1. The molecule has 1 fully saturated rings. The minimum absolute atomic E-state index is 0.423. The third kappa shape index (κ3) is 3.26. The lowest BCUT2D eigenvalue weighted by atomic mass is 9.75. The van der Waals surface area contributed by atoms with Gasteiger partial charge in [-0.25, -0.2) is 0 Å². The van der Waals surface area contributed by atoms with E-state index in [-0.39, 0.29) is 0 Å². The van der Waals surface area contributed by atoms with E-state index in [9.17, 15) is 0 Å². The smallest absolute Gasteiger partial charge is 0.249 e. The van der Waals surface area contributed by atoms with Gasteiger partial charge in [-0.05, 0) is 36.8 Å². The van der Waals surface area contributed by atoms with Crippen LogP contribution in [-0.4, -0.2) is 16.2 Å². The number of hydrogen-bond acceptors (Lipinski definition) is 4. The Morgan fingerprint density at radius 3 is 2.76 bits per heavy atom. The quantitative estimate of drug-likeness (QED) is 0.906. The van der Waals surface area contributed by atoms with Crippen LogP contribution in [0, 0.1) is 12.3 Å². The number of hydrogen-bond donors (Lipinski definition) is 1. The molecule has 0 amide bonds. The predicted molar refractivity (Wildman–Crippen MR) is 84.1 cm³/mol. The molecule has 0 radical (unpaired) electrons. The fraction of sp³-hybridized carbons (Fsp3) is 0.529. The summed E-state index contributed by atoms with van der Waals surface area (Å²) in [5, 5.41) is 11.8. The Hall–Kier alpha value is -1.84. The van der Waals surface area contributed by atoms with Crippen LogP contribution in [0.1, 0.15) is 45.4 Å². The van der Waals surface area contributed by atoms with Gasteiger partial charge in [0, 0.05) is 18.7 Å². The summed E-state index contributed by atoms with van der Waals surface area (Å²) in [7, 11) is 0. The van der Waals surface area contributed by atoms with E-state index < -0.39 is 0 Å². The number of aromatic nitrogens is 2. The summed E-state index contributed by atoms with van der Waals surface area (Å²) in [6.07, 6.45) is 5.02. The van der Waals surface area contributed by atoms with Crippen LogP contribution in [0.3, 0.4) is 0 Å². The highest BCUT2D eigenvalue weighted by Gasteiger charge is 2.28. The topological polar surface area (TPSA) is 51.0 Å². The summed E-state index contributed by atoms with van der Waals surface area (Å²) in [6.45, 7) is 6.53. The van der Waals surface area contributed by atoms with Gasteiger partial charge in [-0.15, -0.1) is 10.2 Å². The second-order valence-electron chi connectivity index (χ2n) is 6.77. The monoisotopic (exact) mass is 285 g/mol. The summed E-state index contributed by atoms with van der Waals surface area (Å²) in [5.41, 5.74) is 2.50. The highest BCUT2D eigenvalue weighted by molar-refractivity contribution is 5.72. The van der Waals surface area contributed by atoms with Crippen LogP contribution in [0.15, 0.2) is 28.7 Å². The molecule has 0 bridgehead atoms. The molecule has 1 aromatic carbocycles. The molecular formula is C17H23N3O. The van der Waals surface area contributed by atoms with Crippen LogP contribution in [0.4, 0.5) is 5.69 Å². The molecule has 1 atom stereocenters. The number of para-hydroxylation sites is 1. The van der Waals surface area contributed by atoms with Crippen LogP contribution in [0.25, 0.3) is 11.5 Å². The Morgan fingerprint density at radius 1 is 1.24 bits per heavy atom. The molecule has 4 heteroatoms. The molecule has 3 rings (SSSR count). The Kier molecular flexibility index (Phi) is 3.70. The van der Waals surface area contributed by atoms with E-state index >= 15 is 0 Å². The fourth-order valence-corrected chi connectivity index (χ4v) is 3.24. The number of benzene rings is 1. The molecule has 0 aliphatic heterocycles. The van der Waals surface area contributed by atoms with Gasteiger partial charge in [-0.2, -0.15) is 0 Å². The van der Waals surface area contributed by atoms with E-state index in [1.807, 2.05) is 25.1 Å².